The van der Waals surface area contributed by atoms with Crippen molar-refractivity contribution >= 4 is 11.4 Å². The Bertz CT molecular complexity index is 713. The number of unbranched alkanes of at least 4 members (excludes halogenated alkanes) is 1. The molecule has 0 saturated carbocycles. The van der Waals surface area contributed by atoms with Crippen LogP contribution in [0.1, 0.15) is 31.2 Å². The van der Waals surface area contributed by atoms with Crippen molar-refractivity contribution in [3.63, 3.8) is 0 Å². The molecular formula is C22H29N3O2. The fraction of sp³-hybridized carbons (Fsp3) is 0.455. The molecule has 0 unspecified atom stereocenters. The lowest BCUT2D eigenvalue weighted by Crippen LogP contribution is -2.35. The average molecular weight is 367 g/mol. The molecule has 5 heteroatoms. The fourth-order valence-electron chi connectivity index (χ4n) is 3.83. The number of likely N-dealkylation sites (tertiary alicyclic amines) is 1. The Labute approximate surface area is 161 Å². The van der Waals surface area contributed by atoms with E-state index in [0.717, 1.165) is 31.8 Å². The second kappa shape index (κ2) is 10.1. The standard InChI is InChI=1S/C22H29N3O2/c26-25(27)22-11-5-4-10-21(22)23-14-6-7-15-24-16-12-20(13-17-24)18-19-8-2-1-3-9-19/h1-5,8-11,20,23H,6-7,12-18H2. The maximum absolute atomic E-state index is 11.0. The molecule has 1 heterocycles. The van der Waals surface area contributed by atoms with E-state index < -0.39 is 0 Å². The molecule has 1 N–H and O–H groups in total. The van der Waals surface area contributed by atoms with Crippen molar-refractivity contribution in [2.45, 2.75) is 32.1 Å². The van der Waals surface area contributed by atoms with Gasteiger partial charge in [0.25, 0.3) is 5.69 Å². The Morgan fingerprint density at radius 3 is 2.44 bits per heavy atom. The molecule has 0 amide bonds. The van der Waals surface area contributed by atoms with Crippen LogP contribution >= 0.6 is 0 Å². The van der Waals surface area contributed by atoms with E-state index in [2.05, 4.69) is 40.5 Å². The van der Waals surface area contributed by atoms with Crippen LogP contribution in [0.25, 0.3) is 0 Å². The maximum atomic E-state index is 11.0. The smallest absolute Gasteiger partial charge is 0.292 e. The number of nitrogens with zero attached hydrogens (tertiary/aromatic N) is 2. The van der Waals surface area contributed by atoms with Crippen molar-refractivity contribution in [1.29, 1.82) is 0 Å². The molecule has 1 aliphatic heterocycles. The van der Waals surface area contributed by atoms with Crippen LogP contribution in [0.4, 0.5) is 11.4 Å². The molecular weight excluding hydrogens is 338 g/mol. The summed E-state index contributed by atoms with van der Waals surface area (Å²) in [5, 5.41) is 14.2. The van der Waals surface area contributed by atoms with Gasteiger partial charge >= 0.3 is 0 Å². The van der Waals surface area contributed by atoms with Crippen molar-refractivity contribution < 1.29 is 4.92 Å². The van der Waals surface area contributed by atoms with Crippen molar-refractivity contribution in [3.05, 3.63) is 70.3 Å². The zero-order chi connectivity index (χ0) is 18.9. The van der Waals surface area contributed by atoms with Gasteiger partial charge in [0.2, 0.25) is 0 Å². The van der Waals surface area contributed by atoms with E-state index in [0.29, 0.717) is 5.69 Å². The minimum absolute atomic E-state index is 0.151. The zero-order valence-electron chi connectivity index (χ0n) is 15.8. The molecule has 27 heavy (non-hydrogen) atoms. The molecule has 2 aromatic carbocycles. The number of hydrogen-bond donors (Lipinski definition) is 1. The van der Waals surface area contributed by atoms with Gasteiger partial charge in [0.05, 0.1) is 4.92 Å². The lowest BCUT2D eigenvalue weighted by Gasteiger charge is -2.32. The van der Waals surface area contributed by atoms with Gasteiger partial charge in [-0.2, -0.15) is 0 Å². The zero-order valence-corrected chi connectivity index (χ0v) is 15.8. The summed E-state index contributed by atoms with van der Waals surface area (Å²) in [5.41, 5.74) is 2.22. The lowest BCUT2D eigenvalue weighted by atomic mass is 9.90. The fourth-order valence-corrected chi connectivity index (χ4v) is 3.83. The molecule has 0 aromatic heterocycles. The molecule has 0 radical (unpaired) electrons. The molecule has 0 aliphatic carbocycles. The van der Waals surface area contributed by atoms with Crippen molar-refractivity contribution in [2.75, 3.05) is 31.5 Å². The molecule has 1 saturated heterocycles. The van der Waals surface area contributed by atoms with Crippen LogP contribution in [0, 0.1) is 16.0 Å². The first-order valence-corrected chi connectivity index (χ1v) is 9.96. The minimum Gasteiger partial charge on any atom is -0.379 e. The predicted octanol–water partition coefficient (Wildman–Crippen LogP) is 4.74. The van der Waals surface area contributed by atoms with E-state index >= 15 is 0 Å². The van der Waals surface area contributed by atoms with Gasteiger partial charge in [0.15, 0.2) is 0 Å². The first-order chi connectivity index (χ1) is 13.2. The van der Waals surface area contributed by atoms with E-state index in [1.807, 2.05) is 6.07 Å². The molecule has 0 atom stereocenters. The Morgan fingerprint density at radius 2 is 1.70 bits per heavy atom. The molecule has 0 spiro atoms. The van der Waals surface area contributed by atoms with Gasteiger partial charge in [0.1, 0.15) is 5.69 Å². The predicted molar refractivity (Wildman–Crippen MR) is 110 cm³/mol. The Hall–Kier alpha value is -2.40. The third-order valence-corrected chi connectivity index (χ3v) is 5.39. The number of hydrogen-bond acceptors (Lipinski definition) is 4. The Balaban J connectivity index is 1.30. The molecule has 144 valence electrons. The highest BCUT2D eigenvalue weighted by atomic mass is 16.6. The summed E-state index contributed by atoms with van der Waals surface area (Å²) in [6.07, 6.45) is 5.91. The second-order valence-corrected chi connectivity index (χ2v) is 7.38. The molecule has 3 rings (SSSR count). The number of benzene rings is 2. The molecule has 2 aromatic rings. The van der Waals surface area contributed by atoms with Crippen molar-refractivity contribution in [1.82, 2.24) is 4.90 Å². The minimum atomic E-state index is -0.331. The Morgan fingerprint density at radius 1 is 1.00 bits per heavy atom. The van der Waals surface area contributed by atoms with Gasteiger partial charge in [-0.25, -0.2) is 0 Å². The van der Waals surface area contributed by atoms with Gasteiger partial charge in [-0.15, -0.1) is 0 Å². The van der Waals surface area contributed by atoms with Gasteiger partial charge in [0, 0.05) is 12.6 Å². The van der Waals surface area contributed by atoms with Crippen molar-refractivity contribution in [2.24, 2.45) is 5.92 Å². The monoisotopic (exact) mass is 367 g/mol. The van der Waals surface area contributed by atoms with Gasteiger partial charge < -0.3 is 10.2 Å². The lowest BCUT2D eigenvalue weighted by molar-refractivity contribution is -0.384. The summed E-state index contributed by atoms with van der Waals surface area (Å²) in [6.45, 7) is 4.27. The summed E-state index contributed by atoms with van der Waals surface area (Å²) in [7, 11) is 0. The number of anilines is 1. The maximum Gasteiger partial charge on any atom is 0.292 e. The number of nitro benzene ring substituents is 1. The van der Waals surface area contributed by atoms with Gasteiger partial charge in [-0.05, 0) is 69.3 Å². The SMILES string of the molecule is O=[N+]([O-])c1ccccc1NCCCCN1CCC(Cc2ccccc2)CC1. The van der Waals surface area contributed by atoms with Gasteiger partial charge in [-0.3, -0.25) is 10.1 Å². The van der Waals surface area contributed by atoms with Crippen LogP contribution < -0.4 is 5.32 Å². The third kappa shape index (κ3) is 6.07. The summed E-state index contributed by atoms with van der Waals surface area (Å²) >= 11 is 0. The summed E-state index contributed by atoms with van der Waals surface area (Å²) in [5.74, 6) is 0.809. The second-order valence-electron chi connectivity index (χ2n) is 7.38. The highest BCUT2D eigenvalue weighted by Gasteiger charge is 2.19. The quantitative estimate of drug-likeness (QED) is 0.395. The van der Waals surface area contributed by atoms with E-state index in [1.165, 1.54) is 37.9 Å². The van der Waals surface area contributed by atoms with Crippen LogP contribution in [0.2, 0.25) is 0 Å². The van der Waals surface area contributed by atoms with Crippen LogP contribution in [0.5, 0.6) is 0 Å². The average Bonchev–Trinajstić information content (AvgIpc) is 2.70. The van der Waals surface area contributed by atoms with Gasteiger partial charge in [-0.1, -0.05) is 42.5 Å². The first-order valence-electron chi connectivity index (χ1n) is 9.96. The summed E-state index contributed by atoms with van der Waals surface area (Å²) in [6, 6.07) is 17.6. The van der Waals surface area contributed by atoms with E-state index in [9.17, 15) is 10.1 Å². The molecule has 1 aliphatic rings. The highest BCUT2D eigenvalue weighted by molar-refractivity contribution is 5.60. The van der Waals surface area contributed by atoms with E-state index in [4.69, 9.17) is 0 Å². The van der Waals surface area contributed by atoms with E-state index in [1.54, 1.807) is 18.2 Å². The van der Waals surface area contributed by atoms with Crippen LogP contribution in [-0.4, -0.2) is 36.0 Å². The largest absolute Gasteiger partial charge is 0.379 e. The van der Waals surface area contributed by atoms with E-state index in [-0.39, 0.29) is 10.6 Å². The first kappa shape index (κ1) is 19.4. The molecule has 5 nitrogen and oxygen atoms in total. The summed E-state index contributed by atoms with van der Waals surface area (Å²) < 4.78 is 0. The Kier molecular flexibility index (Phi) is 7.22. The van der Waals surface area contributed by atoms with Crippen molar-refractivity contribution in [3.8, 4) is 0 Å². The molecule has 0 bridgehead atoms. The number of nitro groups is 1. The normalized spacial score (nSPS) is 15.6. The highest BCUT2D eigenvalue weighted by Crippen LogP contribution is 2.24. The number of para-hydroxylation sites is 2. The number of rotatable bonds is 9. The van der Waals surface area contributed by atoms with Crippen LogP contribution in [0.3, 0.4) is 0 Å². The van der Waals surface area contributed by atoms with Crippen LogP contribution in [0.15, 0.2) is 54.6 Å². The number of nitrogens with one attached hydrogen (secondary N) is 1. The number of piperidine rings is 1. The topological polar surface area (TPSA) is 58.4 Å². The van der Waals surface area contributed by atoms with Crippen LogP contribution in [-0.2, 0) is 6.42 Å². The molecule has 1 fully saturated rings. The third-order valence-electron chi connectivity index (χ3n) is 5.39. The summed E-state index contributed by atoms with van der Waals surface area (Å²) in [4.78, 5) is 13.2.